The average Bonchev–Trinajstić information content (AvgIpc) is 2.66. The second kappa shape index (κ2) is 8.24. The van der Waals surface area contributed by atoms with Crippen LogP contribution in [0.25, 0.3) is 0 Å². The molecule has 0 spiro atoms. The average molecular weight is 404 g/mol. The topological polar surface area (TPSA) is 104 Å². The van der Waals surface area contributed by atoms with E-state index in [-0.39, 0.29) is 16.4 Å². The summed E-state index contributed by atoms with van der Waals surface area (Å²) in [5, 5.41) is 0. The third-order valence-electron chi connectivity index (χ3n) is 4.65. The summed E-state index contributed by atoms with van der Waals surface area (Å²) in [5.41, 5.74) is 7.62. The molecular formula is C19H25N5O3S. The van der Waals surface area contributed by atoms with Crippen LogP contribution in [0.4, 0.5) is 5.95 Å². The number of nitrogens with zero attached hydrogens (tertiary/aromatic N) is 3. The largest absolute Gasteiger partial charge is 0.269 e. The number of benzene rings is 1. The molecule has 3 rings (SSSR count). The Morgan fingerprint density at radius 2 is 1.64 bits per heavy atom. The van der Waals surface area contributed by atoms with E-state index >= 15 is 0 Å². The molecule has 28 heavy (non-hydrogen) atoms. The van der Waals surface area contributed by atoms with Crippen LogP contribution in [-0.4, -0.2) is 41.7 Å². The van der Waals surface area contributed by atoms with Crippen LogP contribution in [0.2, 0.25) is 0 Å². The van der Waals surface area contributed by atoms with Gasteiger partial charge in [-0.15, -0.1) is 0 Å². The minimum Gasteiger partial charge on any atom is -0.267 e. The molecule has 8 nitrogen and oxygen atoms in total. The summed E-state index contributed by atoms with van der Waals surface area (Å²) in [5.74, 6) is -0.183. The lowest BCUT2D eigenvalue weighted by Gasteiger charge is -2.26. The van der Waals surface area contributed by atoms with Crippen molar-refractivity contribution in [2.24, 2.45) is 0 Å². The number of anilines is 1. The number of hydrogen-bond donors (Lipinski definition) is 2. The standard InChI is InChI=1S/C19H25N5O3S/c1-13-7-8-16(12-17(13)28(26,27)24-9-5-4-6-10-24)18(25)22-23-19-20-14(2)11-15(3)21-19/h7-8,11-12H,4-6,9-10H2,1-3H3,(H,22,25)(H,20,21,23). The third-order valence-corrected chi connectivity index (χ3v) is 6.69. The Labute approximate surface area is 165 Å². The number of rotatable bonds is 5. The van der Waals surface area contributed by atoms with Crippen molar-refractivity contribution in [2.45, 2.75) is 44.9 Å². The van der Waals surface area contributed by atoms with Crippen molar-refractivity contribution in [3.63, 3.8) is 0 Å². The number of sulfonamides is 1. The predicted octanol–water partition coefficient (Wildman–Crippen LogP) is 2.33. The van der Waals surface area contributed by atoms with Gasteiger partial charge in [0.15, 0.2) is 0 Å². The number of carbonyl (C=O) groups is 1. The first kappa shape index (κ1) is 20.2. The maximum Gasteiger partial charge on any atom is 0.269 e. The zero-order chi connectivity index (χ0) is 20.3. The summed E-state index contributed by atoms with van der Waals surface area (Å²) in [6.45, 7) is 6.44. The van der Waals surface area contributed by atoms with E-state index in [1.165, 1.54) is 10.4 Å². The second-order valence-electron chi connectivity index (χ2n) is 7.00. The molecule has 0 atom stereocenters. The molecule has 0 aliphatic carbocycles. The van der Waals surface area contributed by atoms with Gasteiger partial charge in [0, 0.05) is 30.0 Å². The lowest BCUT2D eigenvalue weighted by atomic mass is 10.1. The molecule has 1 aliphatic heterocycles. The van der Waals surface area contributed by atoms with Crippen LogP contribution in [0, 0.1) is 20.8 Å². The molecule has 2 N–H and O–H groups in total. The van der Waals surface area contributed by atoms with E-state index in [0.717, 1.165) is 30.7 Å². The summed E-state index contributed by atoms with van der Waals surface area (Å²) >= 11 is 0. The minimum absolute atomic E-state index is 0.171. The molecule has 0 bridgehead atoms. The second-order valence-corrected chi connectivity index (χ2v) is 8.90. The van der Waals surface area contributed by atoms with Crippen LogP contribution in [-0.2, 0) is 10.0 Å². The number of nitrogens with one attached hydrogen (secondary N) is 2. The van der Waals surface area contributed by atoms with Crippen LogP contribution in [0.5, 0.6) is 0 Å². The zero-order valence-electron chi connectivity index (χ0n) is 16.3. The molecule has 0 unspecified atom stereocenters. The fourth-order valence-electron chi connectivity index (χ4n) is 3.23. The predicted molar refractivity (Wildman–Crippen MR) is 106 cm³/mol. The number of hydrazine groups is 1. The summed E-state index contributed by atoms with van der Waals surface area (Å²) in [7, 11) is -3.62. The Kier molecular flexibility index (Phi) is 5.95. The molecule has 1 fully saturated rings. The van der Waals surface area contributed by atoms with Crippen molar-refractivity contribution < 1.29 is 13.2 Å². The molecule has 1 amide bonds. The number of aromatic nitrogens is 2. The van der Waals surface area contributed by atoms with Gasteiger partial charge in [0.2, 0.25) is 16.0 Å². The first-order valence-electron chi connectivity index (χ1n) is 9.27. The van der Waals surface area contributed by atoms with Crippen LogP contribution in [0.3, 0.4) is 0 Å². The van der Waals surface area contributed by atoms with E-state index in [1.807, 2.05) is 19.9 Å². The van der Waals surface area contributed by atoms with Gasteiger partial charge in [-0.05, 0) is 57.4 Å². The Bertz CT molecular complexity index is 965. The van der Waals surface area contributed by atoms with Gasteiger partial charge in [-0.3, -0.25) is 15.6 Å². The lowest BCUT2D eigenvalue weighted by molar-refractivity contribution is 0.0962. The van der Waals surface area contributed by atoms with Gasteiger partial charge in [-0.2, -0.15) is 4.31 Å². The molecule has 0 saturated carbocycles. The minimum atomic E-state index is -3.62. The van der Waals surface area contributed by atoms with Gasteiger partial charge < -0.3 is 0 Å². The number of piperidine rings is 1. The van der Waals surface area contributed by atoms with E-state index in [1.54, 1.807) is 19.1 Å². The highest BCUT2D eigenvalue weighted by Crippen LogP contribution is 2.24. The molecule has 150 valence electrons. The quantitative estimate of drug-likeness (QED) is 0.743. The van der Waals surface area contributed by atoms with Crippen LogP contribution >= 0.6 is 0 Å². The summed E-state index contributed by atoms with van der Waals surface area (Å²) < 4.78 is 27.5. The van der Waals surface area contributed by atoms with Gasteiger partial charge in [0.1, 0.15) is 0 Å². The van der Waals surface area contributed by atoms with E-state index in [4.69, 9.17) is 0 Å². The van der Waals surface area contributed by atoms with Gasteiger partial charge in [-0.1, -0.05) is 12.5 Å². The highest BCUT2D eigenvalue weighted by Gasteiger charge is 2.28. The molecule has 1 aliphatic rings. The number of hydrogen-bond acceptors (Lipinski definition) is 6. The van der Waals surface area contributed by atoms with Crippen molar-refractivity contribution in [1.82, 2.24) is 19.7 Å². The molecule has 2 heterocycles. The lowest BCUT2D eigenvalue weighted by Crippen LogP contribution is -2.36. The number of aryl methyl sites for hydroxylation is 3. The van der Waals surface area contributed by atoms with Crippen molar-refractivity contribution in [1.29, 1.82) is 0 Å². The van der Waals surface area contributed by atoms with Crippen LogP contribution < -0.4 is 10.9 Å². The first-order chi connectivity index (χ1) is 13.3. The monoisotopic (exact) mass is 403 g/mol. The van der Waals surface area contributed by atoms with Gasteiger partial charge in [-0.25, -0.2) is 18.4 Å². The smallest absolute Gasteiger partial charge is 0.267 e. The summed E-state index contributed by atoms with van der Waals surface area (Å²) in [6.07, 6.45) is 2.76. The highest BCUT2D eigenvalue weighted by atomic mass is 32.2. The van der Waals surface area contributed by atoms with E-state index in [0.29, 0.717) is 18.7 Å². The van der Waals surface area contributed by atoms with Crippen molar-refractivity contribution in [2.75, 3.05) is 18.5 Å². The molecule has 1 aromatic heterocycles. The summed E-state index contributed by atoms with van der Waals surface area (Å²) in [6, 6.07) is 6.51. The van der Waals surface area contributed by atoms with Crippen LogP contribution in [0.1, 0.15) is 46.6 Å². The maximum absolute atomic E-state index is 13.0. The Hall–Kier alpha value is -2.52. The Morgan fingerprint density at radius 3 is 2.29 bits per heavy atom. The fourth-order valence-corrected chi connectivity index (χ4v) is 5.00. The number of amides is 1. The van der Waals surface area contributed by atoms with E-state index < -0.39 is 15.9 Å². The van der Waals surface area contributed by atoms with Crippen LogP contribution in [0.15, 0.2) is 29.2 Å². The van der Waals surface area contributed by atoms with Crippen molar-refractivity contribution in [3.8, 4) is 0 Å². The normalized spacial score (nSPS) is 15.2. The maximum atomic E-state index is 13.0. The Morgan fingerprint density at radius 1 is 1.00 bits per heavy atom. The fraction of sp³-hybridized carbons (Fsp3) is 0.421. The van der Waals surface area contributed by atoms with Gasteiger partial charge in [0.05, 0.1) is 4.90 Å². The summed E-state index contributed by atoms with van der Waals surface area (Å²) in [4.78, 5) is 21.1. The van der Waals surface area contributed by atoms with E-state index in [9.17, 15) is 13.2 Å². The molecule has 2 aromatic rings. The molecule has 9 heteroatoms. The van der Waals surface area contributed by atoms with Gasteiger partial charge in [0.25, 0.3) is 5.91 Å². The first-order valence-corrected chi connectivity index (χ1v) is 10.7. The third kappa shape index (κ3) is 4.48. The molecule has 1 saturated heterocycles. The molecule has 0 radical (unpaired) electrons. The van der Waals surface area contributed by atoms with Crippen molar-refractivity contribution in [3.05, 3.63) is 46.8 Å². The van der Waals surface area contributed by atoms with Crippen molar-refractivity contribution >= 4 is 21.9 Å². The SMILES string of the molecule is Cc1cc(C)nc(NNC(=O)c2ccc(C)c(S(=O)(=O)N3CCCCC3)c2)n1. The zero-order valence-corrected chi connectivity index (χ0v) is 17.1. The molecule has 1 aromatic carbocycles. The number of carbonyl (C=O) groups excluding carboxylic acids is 1. The molecular weight excluding hydrogens is 378 g/mol. The highest BCUT2D eigenvalue weighted by molar-refractivity contribution is 7.89. The van der Waals surface area contributed by atoms with E-state index in [2.05, 4.69) is 20.8 Å². The van der Waals surface area contributed by atoms with Gasteiger partial charge >= 0.3 is 0 Å². The Balaban J connectivity index is 1.79.